The second-order valence-electron chi connectivity index (χ2n) is 9.30. The second-order valence-corrected chi connectivity index (χ2v) is 9.30. The average molecular weight is 427 g/mol. The molecule has 0 amide bonds. The Labute approximate surface area is 195 Å². The minimum atomic E-state index is 0.944. The predicted octanol–water partition coefficient (Wildman–Crippen LogP) is 7.77. The van der Waals surface area contributed by atoms with Crippen LogP contribution >= 0.6 is 0 Å². The summed E-state index contributed by atoms with van der Waals surface area (Å²) in [4.78, 5) is 9.26. The Morgan fingerprint density at radius 2 is 1.39 bits per heavy atom. The zero-order chi connectivity index (χ0) is 22.7. The van der Waals surface area contributed by atoms with Gasteiger partial charge in [-0.15, -0.1) is 0 Å². The van der Waals surface area contributed by atoms with Crippen molar-refractivity contribution >= 4 is 10.8 Å². The van der Waals surface area contributed by atoms with Gasteiger partial charge in [-0.3, -0.25) is 4.98 Å². The van der Waals surface area contributed by atoms with Gasteiger partial charge in [0.05, 0.1) is 23.3 Å². The standard InChI is InChI=1S/C31H26N2/c1-18-5-6-22(13-19(18)2)23-7-10-27-24(14-23)8-12-29-28-11-9-25(15-26(28)16-30(27)29)31-17-32-20(3)21(4)33-31/h5-15,17H,16H2,1-4H3. The minimum absolute atomic E-state index is 0.944. The van der Waals surface area contributed by atoms with Crippen LogP contribution in [0.3, 0.4) is 0 Å². The van der Waals surface area contributed by atoms with Gasteiger partial charge < -0.3 is 0 Å². The molecule has 0 spiro atoms. The van der Waals surface area contributed by atoms with Crippen LogP contribution in [0.4, 0.5) is 0 Å². The molecule has 0 fully saturated rings. The van der Waals surface area contributed by atoms with Crippen LogP contribution in [0.1, 0.15) is 33.6 Å². The van der Waals surface area contributed by atoms with Gasteiger partial charge >= 0.3 is 0 Å². The third-order valence-corrected chi connectivity index (χ3v) is 7.22. The van der Waals surface area contributed by atoms with E-state index in [1.165, 1.54) is 55.3 Å². The quantitative estimate of drug-likeness (QED) is 0.283. The van der Waals surface area contributed by atoms with E-state index in [0.29, 0.717) is 0 Å². The molecule has 1 aliphatic carbocycles. The molecule has 2 heteroatoms. The third kappa shape index (κ3) is 3.25. The van der Waals surface area contributed by atoms with Gasteiger partial charge in [-0.25, -0.2) is 4.98 Å². The van der Waals surface area contributed by atoms with Crippen molar-refractivity contribution in [3.05, 3.63) is 107 Å². The van der Waals surface area contributed by atoms with Crippen molar-refractivity contribution in [1.82, 2.24) is 9.97 Å². The van der Waals surface area contributed by atoms with E-state index < -0.39 is 0 Å². The fourth-order valence-electron chi connectivity index (χ4n) is 4.97. The first kappa shape index (κ1) is 19.9. The van der Waals surface area contributed by atoms with Crippen LogP contribution in [0, 0.1) is 27.7 Å². The lowest BCUT2D eigenvalue weighted by molar-refractivity contribution is 1.05. The smallest absolute Gasteiger partial charge is 0.0888 e. The fraction of sp³-hybridized carbons (Fsp3) is 0.161. The molecule has 0 saturated heterocycles. The van der Waals surface area contributed by atoms with E-state index in [0.717, 1.165) is 29.1 Å². The van der Waals surface area contributed by atoms with Crippen molar-refractivity contribution in [2.45, 2.75) is 34.1 Å². The Morgan fingerprint density at radius 1 is 0.636 bits per heavy atom. The van der Waals surface area contributed by atoms with Gasteiger partial charge in [-0.2, -0.15) is 0 Å². The molecule has 0 N–H and O–H groups in total. The van der Waals surface area contributed by atoms with E-state index in [4.69, 9.17) is 4.98 Å². The summed E-state index contributed by atoms with van der Waals surface area (Å²) in [6.45, 7) is 8.37. The van der Waals surface area contributed by atoms with Crippen molar-refractivity contribution < 1.29 is 0 Å². The van der Waals surface area contributed by atoms with Crippen molar-refractivity contribution in [3.8, 4) is 33.5 Å². The monoisotopic (exact) mass is 426 g/mol. The number of benzene rings is 4. The van der Waals surface area contributed by atoms with Crippen LogP contribution in [0.25, 0.3) is 44.3 Å². The topological polar surface area (TPSA) is 25.8 Å². The Morgan fingerprint density at radius 3 is 2.21 bits per heavy atom. The molecule has 0 radical (unpaired) electrons. The first-order valence-electron chi connectivity index (χ1n) is 11.5. The fourth-order valence-corrected chi connectivity index (χ4v) is 4.97. The molecule has 4 aromatic carbocycles. The van der Waals surface area contributed by atoms with E-state index in [2.05, 4.69) is 85.6 Å². The van der Waals surface area contributed by atoms with Crippen molar-refractivity contribution in [2.75, 3.05) is 0 Å². The summed E-state index contributed by atoms with van der Waals surface area (Å²) < 4.78 is 0. The first-order chi connectivity index (χ1) is 16.0. The maximum Gasteiger partial charge on any atom is 0.0888 e. The highest BCUT2D eigenvalue weighted by molar-refractivity contribution is 5.97. The lowest BCUT2D eigenvalue weighted by Crippen LogP contribution is -1.94. The third-order valence-electron chi connectivity index (χ3n) is 7.22. The number of nitrogens with zero attached hydrogens (tertiary/aromatic N) is 2. The van der Waals surface area contributed by atoms with Crippen LogP contribution in [0.2, 0.25) is 0 Å². The van der Waals surface area contributed by atoms with Crippen LogP contribution in [0.15, 0.2) is 72.9 Å². The average Bonchev–Trinajstić information content (AvgIpc) is 3.20. The molecule has 33 heavy (non-hydrogen) atoms. The SMILES string of the molecule is Cc1ccc(-c2ccc3c4c(ccc3c2)-c2ccc(-c3cnc(C)c(C)n3)cc2C4)cc1C. The van der Waals surface area contributed by atoms with Gasteiger partial charge in [0, 0.05) is 5.56 Å². The highest BCUT2D eigenvalue weighted by Gasteiger charge is 2.21. The normalized spacial score (nSPS) is 12.1. The number of rotatable bonds is 2. The molecule has 0 bridgehead atoms. The van der Waals surface area contributed by atoms with Gasteiger partial charge in [0.2, 0.25) is 0 Å². The molecular weight excluding hydrogens is 400 g/mol. The molecule has 6 rings (SSSR count). The molecule has 2 nitrogen and oxygen atoms in total. The number of hydrogen-bond donors (Lipinski definition) is 0. The summed E-state index contributed by atoms with van der Waals surface area (Å²) in [5.74, 6) is 0. The molecule has 1 aliphatic rings. The summed E-state index contributed by atoms with van der Waals surface area (Å²) in [5, 5.41) is 2.65. The molecule has 1 aromatic heterocycles. The highest BCUT2D eigenvalue weighted by atomic mass is 14.8. The largest absolute Gasteiger partial charge is 0.257 e. The van der Waals surface area contributed by atoms with E-state index in [-0.39, 0.29) is 0 Å². The summed E-state index contributed by atoms with van der Waals surface area (Å²) in [5.41, 5.74) is 14.8. The molecule has 0 aliphatic heterocycles. The van der Waals surface area contributed by atoms with E-state index >= 15 is 0 Å². The number of aromatic nitrogens is 2. The molecule has 5 aromatic rings. The summed E-state index contributed by atoms with van der Waals surface area (Å²) in [7, 11) is 0. The van der Waals surface area contributed by atoms with Crippen molar-refractivity contribution in [2.24, 2.45) is 0 Å². The lowest BCUT2D eigenvalue weighted by Gasteiger charge is -2.10. The molecule has 1 heterocycles. The molecule has 0 unspecified atom stereocenters. The van der Waals surface area contributed by atoms with Gasteiger partial charge in [-0.05, 0) is 102 Å². The number of hydrogen-bond acceptors (Lipinski definition) is 2. The van der Waals surface area contributed by atoms with Gasteiger partial charge in [0.1, 0.15) is 0 Å². The van der Waals surface area contributed by atoms with Crippen molar-refractivity contribution in [1.29, 1.82) is 0 Å². The first-order valence-corrected chi connectivity index (χ1v) is 11.5. The van der Waals surface area contributed by atoms with Crippen LogP contribution < -0.4 is 0 Å². The number of aryl methyl sites for hydroxylation is 4. The predicted molar refractivity (Wildman–Crippen MR) is 138 cm³/mol. The van der Waals surface area contributed by atoms with Crippen LogP contribution in [-0.4, -0.2) is 9.97 Å². The second kappa shape index (κ2) is 7.38. The highest BCUT2D eigenvalue weighted by Crippen LogP contribution is 2.42. The molecular formula is C31H26N2. The van der Waals surface area contributed by atoms with Gasteiger partial charge in [-0.1, -0.05) is 54.6 Å². The summed E-state index contributed by atoms with van der Waals surface area (Å²) in [6.07, 6.45) is 2.84. The van der Waals surface area contributed by atoms with Gasteiger partial charge in [0.25, 0.3) is 0 Å². The van der Waals surface area contributed by atoms with Crippen molar-refractivity contribution in [3.63, 3.8) is 0 Å². The maximum absolute atomic E-state index is 4.76. The van der Waals surface area contributed by atoms with E-state index in [9.17, 15) is 0 Å². The van der Waals surface area contributed by atoms with E-state index in [1.54, 1.807) is 0 Å². The molecule has 0 atom stereocenters. The summed E-state index contributed by atoms with van der Waals surface area (Å²) >= 11 is 0. The zero-order valence-corrected chi connectivity index (χ0v) is 19.5. The Balaban J connectivity index is 1.40. The van der Waals surface area contributed by atoms with Crippen LogP contribution in [0.5, 0.6) is 0 Å². The van der Waals surface area contributed by atoms with Gasteiger partial charge in [0.15, 0.2) is 0 Å². The van der Waals surface area contributed by atoms with E-state index in [1.807, 2.05) is 20.0 Å². The minimum Gasteiger partial charge on any atom is -0.257 e. The van der Waals surface area contributed by atoms with Crippen LogP contribution in [-0.2, 0) is 6.42 Å². The molecule has 160 valence electrons. The maximum atomic E-state index is 4.76. The molecule has 0 saturated carbocycles. The lowest BCUT2D eigenvalue weighted by atomic mass is 9.94. The zero-order valence-electron chi connectivity index (χ0n) is 19.5. The summed E-state index contributed by atoms with van der Waals surface area (Å²) in [6, 6.07) is 24.9. The Hall–Kier alpha value is -3.78. The number of fused-ring (bicyclic) bond motifs is 5. The Kier molecular flexibility index (Phi) is 4.45. The Bertz CT molecular complexity index is 1580.